The number of Topliss-reactive ketones (excluding diaryl/α,β-unsaturated/α-hetero) is 1. The first-order chi connectivity index (χ1) is 7.63. The molecule has 0 saturated heterocycles. The van der Waals surface area contributed by atoms with Crippen LogP contribution in [0.25, 0.3) is 0 Å². The van der Waals surface area contributed by atoms with Gasteiger partial charge in [-0.25, -0.2) is 0 Å². The molecule has 0 amide bonds. The zero-order valence-electron chi connectivity index (χ0n) is 9.11. The number of carbonyl (C=O) groups excluding carboxylic acids is 2. The van der Waals surface area contributed by atoms with Crippen molar-refractivity contribution in [1.29, 1.82) is 5.26 Å². The number of nitriles is 1. The molecule has 0 aromatic heterocycles. The van der Waals surface area contributed by atoms with Crippen LogP contribution in [0.5, 0.6) is 5.75 Å². The van der Waals surface area contributed by atoms with Gasteiger partial charge in [0.1, 0.15) is 11.8 Å². The summed E-state index contributed by atoms with van der Waals surface area (Å²) in [5.74, 6) is 0.162. The number of ketones is 1. The van der Waals surface area contributed by atoms with E-state index < -0.39 is 0 Å². The molecule has 0 aliphatic carbocycles. The molecular formula is C12H11NO3. The van der Waals surface area contributed by atoms with Crippen molar-refractivity contribution >= 4 is 12.1 Å². The Bertz CT molecular complexity index is 472. The number of ether oxygens (including phenoxy) is 1. The molecule has 4 nitrogen and oxygen atoms in total. The SMILES string of the molecule is CCOc1cc(C=O)c(C#N)c(C(C)=O)c1. The van der Waals surface area contributed by atoms with E-state index in [1.54, 1.807) is 6.92 Å². The first kappa shape index (κ1) is 11.9. The Morgan fingerprint density at radius 3 is 2.69 bits per heavy atom. The van der Waals surface area contributed by atoms with Crippen LogP contribution < -0.4 is 4.74 Å². The quantitative estimate of drug-likeness (QED) is 0.571. The van der Waals surface area contributed by atoms with Crippen molar-refractivity contribution in [1.82, 2.24) is 0 Å². The average Bonchev–Trinajstić information content (AvgIpc) is 2.28. The summed E-state index contributed by atoms with van der Waals surface area (Å²) < 4.78 is 5.22. The van der Waals surface area contributed by atoms with Crippen molar-refractivity contribution < 1.29 is 14.3 Å². The molecule has 82 valence electrons. The lowest BCUT2D eigenvalue weighted by molar-refractivity contribution is 0.101. The molecule has 1 aromatic carbocycles. The summed E-state index contributed by atoms with van der Waals surface area (Å²) in [5, 5.41) is 8.90. The standard InChI is InChI=1S/C12H11NO3/c1-3-16-10-4-9(7-14)12(6-13)11(5-10)8(2)15/h4-5,7H,3H2,1-2H3. The first-order valence-electron chi connectivity index (χ1n) is 4.81. The summed E-state index contributed by atoms with van der Waals surface area (Å²) in [6.07, 6.45) is 0.549. The van der Waals surface area contributed by atoms with Crippen LogP contribution >= 0.6 is 0 Å². The topological polar surface area (TPSA) is 67.2 Å². The van der Waals surface area contributed by atoms with Crippen molar-refractivity contribution in [3.8, 4) is 11.8 Å². The second kappa shape index (κ2) is 5.08. The predicted octanol–water partition coefficient (Wildman–Crippen LogP) is 1.97. The van der Waals surface area contributed by atoms with Gasteiger partial charge < -0.3 is 4.74 Å². The van der Waals surface area contributed by atoms with Gasteiger partial charge in [0.2, 0.25) is 0 Å². The monoisotopic (exact) mass is 217 g/mol. The van der Waals surface area contributed by atoms with Crippen molar-refractivity contribution in [2.24, 2.45) is 0 Å². The fraction of sp³-hybridized carbons (Fsp3) is 0.250. The Morgan fingerprint density at radius 1 is 1.56 bits per heavy atom. The Kier molecular flexibility index (Phi) is 3.78. The minimum absolute atomic E-state index is 0.103. The average molecular weight is 217 g/mol. The number of rotatable bonds is 4. The highest BCUT2D eigenvalue weighted by Gasteiger charge is 2.14. The van der Waals surface area contributed by atoms with E-state index in [-0.39, 0.29) is 22.5 Å². The largest absolute Gasteiger partial charge is 0.494 e. The smallest absolute Gasteiger partial charge is 0.161 e. The molecule has 0 unspecified atom stereocenters. The Labute approximate surface area is 93.5 Å². The number of carbonyl (C=O) groups is 2. The van der Waals surface area contributed by atoms with Crippen LogP contribution in [0.15, 0.2) is 12.1 Å². The maximum atomic E-state index is 11.3. The second-order valence-corrected chi connectivity index (χ2v) is 3.15. The third kappa shape index (κ3) is 2.26. The van der Waals surface area contributed by atoms with Gasteiger partial charge in [0.25, 0.3) is 0 Å². The molecule has 0 bridgehead atoms. The lowest BCUT2D eigenvalue weighted by Gasteiger charge is -2.08. The number of nitrogens with zero attached hydrogens (tertiary/aromatic N) is 1. The number of hydrogen-bond donors (Lipinski definition) is 0. The van der Waals surface area contributed by atoms with E-state index in [2.05, 4.69) is 0 Å². The van der Waals surface area contributed by atoms with E-state index in [0.29, 0.717) is 18.6 Å². The zero-order valence-corrected chi connectivity index (χ0v) is 9.11. The lowest BCUT2D eigenvalue weighted by Crippen LogP contribution is -2.03. The minimum atomic E-state index is -0.263. The lowest BCUT2D eigenvalue weighted by atomic mass is 9.99. The van der Waals surface area contributed by atoms with Crippen LogP contribution in [-0.4, -0.2) is 18.7 Å². The van der Waals surface area contributed by atoms with Gasteiger partial charge in [-0.1, -0.05) is 0 Å². The summed E-state index contributed by atoms with van der Waals surface area (Å²) in [5.41, 5.74) is 0.500. The molecule has 0 saturated carbocycles. The van der Waals surface area contributed by atoms with Gasteiger partial charge >= 0.3 is 0 Å². The van der Waals surface area contributed by atoms with Crippen LogP contribution in [0.3, 0.4) is 0 Å². The highest BCUT2D eigenvalue weighted by Crippen LogP contribution is 2.22. The van der Waals surface area contributed by atoms with Gasteiger partial charge in [0, 0.05) is 11.1 Å². The van der Waals surface area contributed by atoms with Crippen molar-refractivity contribution in [2.75, 3.05) is 6.61 Å². The fourth-order valence-corrected chi connectivity index (χ4v) is 1.38. The van der Waals surface area contributed by atoms with Crippen LogP contribution in [-0.2, 0) is 0 Å². The molecule has 0 aliphatic heterocycles. The number of aldehydes is 1. The molecule has 0 atom stereocenters. The van der Waals surface area contributed by atoms with Gasteiger partial charge in [-0.2, -0.15) is 5.26 Å². The Morgan fingerprint density at radius 2 is 2.25 bits per heavy atom. The first-order valence-corrected chi connectivity index (χ1v) is 4.81. The van der Waals surface area contributed by atoms with Gasteiger partial charge in [-0.15, -0.1) is 0 Å². The van der Waals surface area contributed by atoms with Gasteiger partial charge in [0.05, 0.1) is 12.2 Å². The number of hydrogen-bond acceptors (Lipinski definition) is 4. The molecule has 0 fully saturated rings. The minimum Gasteiger partial charge on any atom is -0.494 e. The third-order valence-corrected chi connectivity index (χ3v) is 2.07. The van der Waals surface area contributed by atoms with Crippen molar-refractivity contribution in [2.45, 2.75) is 13.8 Å². The van der Waals surface area contributed by atoms with E-state index in [1.165, 1.54) is 19.1 Å². The van der Waals surface area contributed by atoms with Gasteiger partial charge in [0.15, 0.2) is 12.1 Å². The number of benzene rings is 1. The molecule has 0 radical (unpaired) electrons. The highest BCUT2D eigenvalue weighted by atomic mass is 16.5. The molecule has 0 aliphatic rings. The summed E-state index contributed by atoms with van der Waals surface area (Å²) >= 11 is 0. The van der Waals surface area contributed by atoms with E-state index >= 15 is 0 Å². The highest BCUT2D eigenvalue weighted by molar-refractivity contribution is 5.99. The molecule has 4 heteroatoms. The normalized spacial score (nSPS) is 9.31. The zero-order chi connectivity index (χ0) is 12.1. The molecular weight excluding hydrogens is 206 g/mol. The Balaban J connectivity index is 3.44. The third-order valence-electron chi connectivity index (χ3n) is 2.07. The summed E-state index contributed by atoms with van der Waals surface area (Å²) in [6, 6.07) is 4.80. The van der Waals surface area contributed by atoms with E-state index in [9.17, 15) is 9.59 Å². The van der Waals surface area contributed by atoms with E-state index in [4.69, 9.17) is 10.00 Å². The summed E-state index contributed by atoms with van der Waals surface area (Å²) in [7, 11) is 0. The molecule has 1 rings (SSSR count). The van der Waals surface area contributed by atoms with Crippen LogP contribution in [0.4, 0.5) is 0 Å². The predicted molar refractivity (Wildman–Crippen MR) is 57.7 cm³/mol. The summed E-state index contributed by atoms with van der Waals surface area (Å²) in [6.45, 7) is 3.58. The second-order valence-electron chi connectivity index (χ2n) is 3.15. The van der Waals surface area contributed by atoms with Crippen LogP contribution in [0.2, 0.25) is 0 Å². The molecule has 16 heavy (non-hydrogen) atoms. The molecule has 1 aromatic rings. The van der Waals surface area contributed by atoms with Crippen LogP contribution in [0, 0.1) is 11.3 Å². The van der Waals surface area contributed by atoms with E-state index in [0.717, 1.165) is 0 Å². The molecule has 0 spiro atoms. The maximum Gasteiger partial charge on any atom is 0.161 e. The van der Waals surface area contributed by atoms with Crippen LogP contribution in [0.1, 0.15) is 40.1 Å². The Hall–Kier alpha value is -2.15. The molecule has 0 N–H and O–H groups in total. The molecule has 0 heterocycles. The maximum absolute atomic E-state index is 11.3. The fourth-order valence-electron chi connectivity index (χ4n) is 1.38. The van der Waals surface area contributed by atoms with E-state index in [1.807, 2.05) is 6.07 Å². The van der Waals surface area contributed by atoms with Crippen molar-refractivity contribution in [3.05, 3.63) is 28.8 Å². The summed E-state index contributed by atoms with van der Waals surface area (Å²) in [4.78, 5) is 22.1. The van der Waals surface area contributed by atoms with Crippen molar-refractivity contribution in [3.63, 3.8) is 0 Å². The van der Waals surface area contributed by atoms with Gasteiger partial charge in [-0.05, 0) is 26.0 Å². The van der Waals surface area contributed by atoms with Gasteiger partial charge in [-0.3, -0.25) is 9.59 Å².